The van der Waals surface area contributed by atoms with Crippen molar-refractivity contribution in [1.29, 1.82) is 0 Å². The highest BCUT2D eigenvalue weighted by molar-refractivity contribution is 7.17. The van der Waals surface area contributed by atoms with E-state index in [1.807, 2.05) is 6.92 Å². The molecule has 0 spiro atoms. The van der Waals surface area contributed by atoms with Gasteiger partial charge < -0.3 is 14.8 Å². The van der Waals surface area contributed by atoms with Crippen LogP contribution in [-0.2, 0) is 4.74 Å². The number of nitrogens with zero attached hydrogens (tertiary/aromatic N) is 1. The molecule has 3 rings (SSSR count). The first-order chi connectivity index (χ1) is 14.8. The molecule has 1 aromatic heterocycles. The third-order valence-electron chi connectivity index (χ3n) is 4.48. The SMILES string of the molecule is COC(=O)c1c(NC(=O)c2ccc(Cl)c([N+](=O)[O-])c2)sc(C)c1-c1ccc(OC)cc1. The van der Waals surface area contributed by atoms with Gasteiger partial charge in [-0.05, 0) is 36.8 Å². The average Bonchev–Trinajstić information content (AvgIpc) is 3.08. The highest BCUT2D eigenvalue weighted by atomic mass is 35.5. The van der Waals surface area contributed by atoms with Crippen LogP contribution >= 0.6 is 22.9 Å². The molecule has 0 unspecified atom stereocenters. The van der Waals surface area contributed by atoms with Crippen LogP contribution in [-0.4, -0.2) is 31.0 Å². The van der Waals surface area contributed by atoms with Crippen LogP contribution in [0.5, 0.6) is 5.75 Å². The predicted octanol–water partition coefficient (Wildman–Crippen LogP) is 5.33. The molecule has 0 radical (unpaired) electrons. The highest BCUT2D eigenvalue weighted by Gasteiger charge is 2.26. The summed E-state index contributed by atoms with van der Waals surface area (Å²) >= 11 is 7.02. The molecule has 0 fully saturated rings. The molecule has 1 heterocycles. The zero-order valence-corrected chi connectivity index (χ0v) is 18.3. The zero-order valence-electron chi connectivity index (χ0n) is 16.7. The van der Waals surface area contributed by atoms with Crippen molar-refractivity contribution >= 4 is 45.5 Å². The molecule has 1 N–H and O–H groups in total. The molecule has 0 atom stereocenters. The predicted molar refractivity (Wildman–Crippen MR) is 118 cm³/mol. The third-order valence-corrected chi connectivity index (χ3v) is 5.82. The molecule has 3 aromatic rings. The molecule has 0 bridgehead atoms. The number of benzene rings is 2. The molecule has 0 saturated heterocycles. The van der Waals surface area contributed by atoms with Gasteiger partial charge in [-0.15, -0.1) is 11.3 Å². The molecule has 160 valence electrons. The standard InChI is InChI=1S/C21H17ClN2O6S/c1-11-17(12-4-7-14(29-2)8-5-12)18(21(26)30-3)20(31-11)23-19(25)13-6-9-15(22)16(10-13)24(27)28/h4-10H,1-3H3,(H,23,25). The first-order valence-electron chi connectivity index (χ1n) is 8.88. The van der Waals surface area contributed by atoms with Gasteiger partial charge >= 0.3 is 5.97 Å². The van der Waals surface area contributed by atoms with Crippen LogP contribution in [0.15, 0.2) is 42.5 Å². The lowest BCUT2D eigenvalue weighted by atomic mass is 10.0. The van der Waals surface area contributed by atoms with Crippen molar-refractivity contribution in [1.82, 2.24) is 0 Å². The fourth-order valence-corrected chi connectivity index (χ4v) is 4.25. The normalized spacial score (nSPS) is 10.5. The number of anilines is 1. The van der Waals surface area contributed by atoms with Gasteiger partial charge in [-0.3, -0.25) is 14.9 Å². The molecular formula is C21H17ClN2O6S. The number of carbonyl (C=O) groups is 2. The lowest BCUT2D eigenvalue weighted by molar-refractivity contribution is -0.384. The number of ether oxygens (including phenoxy) is 2. The largest absolute Gasteiger partial charge is 0.497 e. The second-order valence-electron chi connectivity index (χ2n) is 6.33. The van der Waals surface area contributed by atoms with Crippen LogP contribution in [0.2, 0.25) is 5.02 Å². The summed E-state index contributed by atoms with van der Waals surface area (Å²) < 4.78 is 10.1. The summed E-state index contributed by atoms with van der Waals surface area (Å²) in [6, 6.07) is 10.9. The summed E-state index contributed by atoms with van der Waals surface area (Å²) in [5.41, 5.74) is 1.22. The summed E-state index contributed by atoms with van der Waals surface area (Å²) in [6.07, 6.45) is 0. The maximum atomic E-state index is 12.8. The zero-order chi connectivity index (χ0) is 22.7. The van der Waals surface area contributed by atoms with E-state index in [0.717, 1.165) is 16.5 Å². The maximum Gasteiger partial charge on any atom is 0.341 e. The molecule has 0 aliphatic carbocycles. The minimum absolute atomic E-state index is 0.0315. The number of thiophene rings is 1. The minimum atomic E-state index is -0.671. The van der Waals surface area contributed by atoms with Gasteiger partial charge in [-0.1, -0.05) is 23.7 Å². The summed E-state index contributed by atoms with van der Waals surface area (Å²) in [5, 5.41) is 14.0. The summed E-state index contributed by atoms with van der Waals surface area (Å²) in [5.74, 6) is -0.575. The van der Waals surface area contributed by atoms with Gasteiger partial charge in [0.15, 0.2) is 0 Å². The Morgan fingerprint density at radius 3 is 2.39 bits per heavy atom. The van der Waals surface area contributed by atoms with Crippen molar-refractivity contribution in [2.24, 2.45) is 0 Å². The van der Waals surface area contributed by atoms with Crippen LogP contribution in [0, 0.1) is 17.0 Å². The van der Waals surface area contributed by atoms with Gasteiger partial charge in [0.1, 0.15) is 21.3 Å². The van der Waals surface area contributed by atoms with E-state index in [1.165, 1.54) is 30.6 Å². The Bertz CT molecular complexity index is 1170. The molecule has 0 saturated carbocycles. The van der Waals surface area contributed by atoms with Gasteiger partial charge in [-0.25, -0.2) is 4.79 Å². The van der Waals surface area contributed by atoms with Gasteiger partial charge in [0.05, 0.1) is 19.1 Å². The van der Waals surface area contributed by atoms with E-state index in [1.54, 1.807) is 31.4 Å². The van der Waals surface area contributed by atoms with Crippen LogP contribution < -0.4 is 10.1 Å². The van der Waals surface area contributed by atoms with E-state index in [-0.39, 0.29) is 26.8 Å². The van der Waals surface area contributed by atoms with Crippen molar-refractivity contribution < 1.29 is 24.0 Å². The number of nitro groups is 1. The van der Waals surface area contributed by atoms with Crippen molar-refractivity contribution in [3.05, 3.63) is 73.6 Å². The topological polar surface area (TPSA) is 108 Å². The average molecular weight is 461 g/mol. The summed E-state index contributed by atoms with van der Waals surface area (Å²) in [4.78, 5) is 36.6. The van der Waals surface area contributed by atoms with E-state index in [4.69, 9.17) is 21.1 Å². The molecule has 0 aliphatic heterocycles. The quantitative estimate of drug-likeness (QED) is 0.302. The Kier molecular flexibility index (Phi) is 6.57. The summed E-state index contributed by atoms with van der Waals surface area (Å²) in [6.45, 7) is 1.82. The number of esters is 1. The van der Waals surface area contributed by atoms with Crippen LogP contribution in [0.3, 0.4) is 0 Å². The minimum Gasteiger partial charge on any atom is -0.497 e. The van der Waals surface area contributed by atoms with Crippen LogP contribution in [0.25, 0.3) is 11.1 Å². The van der Waals surface area contributed by atoms with Crippen LogP contribution in [0.4, 0.5) is 10.7 Å². The fraction of sp³-hybridized carbons (Fsp3) is 0.143. The highest BCUT2D eigenvalue weighted by Crippen LogP contribution is 2.41. The number of nitrogens with one attached hydrogen (secondary N) is 1. The number of methoxy groups -OCH3 is 2. The second-order valence-corrected chi connectivity index (χ2v) is 7.97. The molecule has 31 heavy (non-hydrogen) atoms. The van der Waals surface area contributed by atoms with E-state index < -0.39 is 16.8 Å². The van der Waals surface area contributed by atoms with E-state index in [2.05, 4.69) is 5.32 Å². The Hall–Kier alpha value is -3.43. The van der Waals surface area contributed by atoms with Gasteiger partial charge in [0, 0.05) is 22.1 Å². The number of hydrogen-bond donors (Lipinski definition) is 1. The first-order valence-corrected chi connectivity index (χ1v) is 10.1. The van der Waals surface area contributed by atoms with Crippen molar-refractivity contribution in [3.8, 4) is 16.9 Å². The van der Waals surface area contributed by atoms with Crippen molar-refractivity contribution in [2.45, 2.75) is 6.92 Å². The number of rotatable bonds is 6. The van der Waals surface area contributed by atoms with Gasteiger partial charge in [0.25, 0.3) is 11.6 Å². The molecule has 10 heteroatoms. The van der Waals surface area contributed by atoms with Crippen molar-refractivity contribution in [2.75, 3.05) is 19.5 Å². The smallest absolute Gasteiger partial charge is 0.341 e. The number of aryl methyl sites for hydroxylation is 1. The monoisotopic (exact) mass is 460 g/mol. The Balaban J connectivity index is 2.03. The number of carbonyl (C=O) groups excluding carboxylic acids is 2. The Morgan fingerprint density at radius 1 is 1.13 bits per heavy atom. The van der Waals surface area contributed by atoms with Crippen LogP contribution in [0.1, 0.15) is 25.6 Å². The fourth-order valence-electron chi connectivity index (χ4n) is 3.00. The molecule has 0 aliphatic rings. The van der Waals surface area contributed by atoms with E-state index in [0.29, 0.717) is 11.3 Å². The molecule has 8 nitrogen and oxygen atoms in total. The lowest BCUT2D eigenvalue weighted by Crippen LogP contribution is -2.14. The molecule has 2 aromatic carbocycles. The van der Waals surface area contributed by atoms with E-state index >= 15 is 0 Å². The molecule has 1 amide bonds. The first kappa shape index (κ1) is 22.3. The maximum absolute atomic E-state index is 12.8. The van der Waals surface area contributed by atoms with Gasteiger partial charge in [-0.2, -0.15) is 0 Å². The molecular weight excluding hydrogens is 444 g/mol. The van der Waals surface area contributed by atoms with Gasteiger partial charge in [0.2, 0.25) is 0 Å². The summed E-state index contributed by atoms with van der Waals surface area (Å²) in [7, 11) is 2.81. The Labute approximate surface area is 186 Å². The second kappa shape index (κ2) is 9.15. The number of hydrogen-bond acceptors (Lipinski definition) is 7. The Morgan fingerprint density at radius 2 is 1.81 bits per heavy atom. The van der Waals surface area contributed by atoms with E-state index in [9.17, 15) is 19.7 Å². The number of nitro benzene ring substituents is 1. The number of amides is 1. The third kappa shape index (κ3) is 4.52. The number of halogens is 1. The lowest BCUT2D eigenvalue weighted by Gasteiger charge is -2.09. The van der Waals surface area contributed by atoms with Crippen molar-refractivity contribution in [3.63, 3.8) is 0 Å².